The van der Waals surface area contributed by atoms with Gasteiger partial charge < -0.3 is 5.21 Å². The van der Waals surface area contributed by atoms with Crippen LogP contribution in [0.5, 0.6) is 0 Å². The molecule has 2 nitrogen and oxygen atoms in total. The zero-order valence-electron chi connectivity index (χ0n) is 9.38. The van der Waals surface area contributed by atoms with E-state index in [4.69, 9.17) is 5.21 Å². The van der Waals surface area contributed by atoms with Crippen LogP contribution >= 0.6 is 0 Å². The molecule has 1 unspecified atom stereocenters. The average Bonchev–Trinajstić information content (AvgIpc) is 2.54. The highest BCUT2D eigenvalue weighted by atomic mass is 16.4. The summed E-state index contributed by atoms with van der Waals surface area (Å²) >= 11 is 0. The lowest BCUT2D eigenvalue weighted by Gasteiger charge is -2.36. The lowest BCUT2D eigenvalue weighted by Crippen LogP contribution is -2.28. The van der Waals surface area contributed by atoms with Gasteiger partial charge in [-0.2, -0.15) is 0 Å². The maximum absolute atomic E-state index is 9.15. The van der Waals surface area contributed by atoms with E-state index in [-0.39, 0.29) is 5.41 Å². The zero-order chi connectivity index (χ0) is 11.7. The van der Waals surface area contributed by atoms with Crippen molar-refractivity contribution in [1.82, 2.24) is 0 Å². The molecule has 0 amide bonds. The third-order valence-corrected chi connectivity index (χ3v) is 3.52. The van der Waals surface area contributed by atoms with Gasteiger partial charge in [0, 0.05) is 5.41 Å². The van der Waals surface area contributed by atoms with Gasteiger partial charge in [0.25, 0.3) is 0 Å². The molecule has 2 heteroatoms. The minimum absolute atomic E-state index is 0.158. The van der Waals surface area contributed by atoms with Crippen LogP contribution < -0.4 is 0 Å². The summed E-state index contributed by atoms with van der Waals surface area (Å²) in [4.78, 5) is 0. The van der Waals surface area contributed by atoms with Crippen LogP contribution in [0.2, 0.25) is 0 Å². The van der Waals surface area contributed by atoms with E-state index in [1.54, 1.807) is 0 Å². The van der Waals surface area contributed by atoms with Crippen molar-refractivity contribution in [3.63, 3.8) is 0 Å². The number of rotatable bonds is 0. The van der Waals surface area contributed by atoms with Crippen LogP contribution in [0, 0.1) is 5.41 Å². The molecule has 0 bridgehead atoms. The van der Waals surface area contributed by atoms with Crippen LogP contribution in [0.4, 0.5) is 0 Å². The lowest BCUT2D eigenvalue weighted by molar-refractivity contribution is 0.319. The van der Waals surface area contributed by atoms with Crippen molar-refractivity contribution in [2.75, 3.05) is 0 Å². The topological polar surface area (TPSA) is 32.6 Å². The second kappa shape index (κ2) is 3.74. The summed E-state index contributed by atoms with van der Waals surface area (Å²) < 4.78 is 0. The molecule has 3 rings (SSSR count). The molecule has 0 saturated heterocycles. The number of hydrogen-bond acceptors (Lipinski definition) is 2. The molecule has 0 aromatic rings. The first kappa shape index (κ1) is 10.1. The Labute approximate surface area is 100 Å². The van der Waals surface area contributed by atoms with Crippen LogP contribution in [0.25, 0.3) is 0 Å². The van der Waals surface area contributed by atoms with Gasteiger partial charge in [-0.25, -0.2) is 0 Å². The molecule has 0 fully saturated rings. The fraction of sp³-hybridized carbons (Fsp3) is 0.133. The molecule has 3 aliphatic carbocycles. The second-order valence-corrected chi connectivity index (χ2v) is 4.37. The molecule has 0 radical (unpaired) electrons. The van der Waals surface area contributed by atoms with E-state index in [1.165, 1.54) is 5.57 Å². The van der Waals surface area contributed by atoms with Crippen LogP contribution in [0.1, 0.15) is 6.42 Å². The first-order valence-corrected chi connectivity index (χ1v) is 5.71. The van der Waals surface area contributed by atoms with Gasteiger partial charge in [-0.1, -0.05) is 59.8 Å². The number of allylic oxidation sites excluding steroid dienone is 12. The minimum atomic E-state index is -0.158. The molecule has 1 spiro atoms. The van der Waals surface area contributed by atoms with Crippen molar-refractivity contribution < 1.29 is 5.21 Å². The molecule has 1 atom stereocenters. The van der Waals surface area contributed by atoms with Crippen molar-refractivity contribution in [3.05, 3.63) is 71.9 Å². The van der Waals surface area contributed by atoms with Gasteiger partial charge in [0.1, 0.15) is 5.71 Å². The molecule has 0 aliphatic heterocycles. The van der Waals surface area contributed by atoms with Gasteiger partial charge in [0.05, 0.1) is 0 Å². The average molecular weight is 223 g/mol. The van der Waals surface area contributed by atoms with E-state index in [0.717, 1.165) is 12.0 Å². The first-order chi connectivity index (χ1) is 8.37. The van der Waals surface area contributed by atoms with E-state index in [1.807, 2.05) is 30.4 Å². The van der Waals surface area contributed by atoms with Gasteiger partial charge in [-0.05, 0) is 23.6 Å². The molecular formula is C15H13NO. The smallest absolute Gasteiger partial charge is 0.107 e. The van der Waals surface area contributed by atoms with Gasteiger partial charge in [-0.15, -0.1) is 0 Å². The number of oxime groups is 1. The third-order valence-electron chi connectivity index (χ3n) is 3.52. The summed E-state index contributed by atoms with van der Waals surface area (Å²) in [6, 6.07) is 0. The Morgan fingerprint density at radius 2 is 2.00 bits per heavy atom. The maximum atomic E-state index is 9.15. The Balaban J connectivity index is 2.25. The fourth-order valence-electron chi connectivity index (χ4n) is 2.67. The van der Waals surface area contributed by atoms with Gasteiger partial charge >= 0.3 is 0 Å². The predicted molar refractivity (Wildman–Crippen MR) is 69.0 cm³/mol. The Morgan fingerprint density at radius 3 is 2.88 bits per heavy atom. The minimum Gasteiger partial charge on any atom is -0.410 e. The van der Waals surface area contributed by atoms with Crippen molar-refractivity contribution in [2.45, 2.75) is 6.42 Å². The largest absolute Gasteiger partial charge is 0.410 e. The summed E-state index contributed by atoms with van der Waals surface area (Å²) in [5.74, 6) is 0. The van der Waals surface area contributed by atoms with Crippen LogP contribution in [-0.4, -0.2) is 10.9 Å². The predicted octanol–water partition coefficient (Wildman–Crippen LogP) is 3.31. The van der Waals surface area contributed by atoms with Gasteiger partial charge in [0.2, 0.25) is 0 Å². The number of nitrogens with zero attached hydrogens (tertiary/aromatic N) is 1. The monoisotopic (exact) mass is 223 g/mol. The van der Waals surface area contributed by atoms with E-state index < -0.39 is 0 Å². The van der Waals surface area contributed by atoms with Crippen LogP contribution in [-0.2, 0) is 0 Å². The highest BCUT2D eigenvalue weighted by molar-refractivity contribution is 6.11. The Bertz CT molecular complexity index is 555. The molecule has 0 saturated carbocycles. The van der Waals surface area contributed by atoms with Crippen molar-refractivity contribution in [3.8, 4) is 0 Å². The quantitative estimate of drug-likeness (QED) is 0.496. The second-order valence-electron chi connectivity index (χ2n) is 4.37. The fourth-order valence-corrected chi connectivity index (χ4v) is 2.67. The highest BCUT2D eigenvalue weighted by Crippen LogP contribution is 2.47. The summed E-state index contributed by atoms with van der Waals surface area (Å²) in [5, 5.41) is 12.6. The molecular weight excluding hydrogens is 210 g/mol. The number of hydrogen-bond donors (Lipinski definition) is 1. The Kier molecular flexibility index (Phi) is 2.22. The van der Waals surface area contributed by atoms with Gasteiger partial charge in [0.15, 0.2) is 0 Å². The van der Waals surface area contributed by atoms with E-state index in [9.17, 15) is 0 Å². The Hall–Kier alpha value is -2.09. The molecule has 17 heavy (non-hydrogen) atoms. The standard InChI is InChI=1S/C15H13NO/c17-16-14-9-5-7-12-6-1-3-10-15(12)11-4-2-8-13(14)15/h1-10,17H,11H2. The SMILES string of the molecule is ON=C1C=CC=C2C=CC=CC23CC=CC=C13. The van der Waals surface area contributed by atoms with E-state index in [0.29, 0.717) is 5.71 Å². The van der Waals surface area contributed by atoms with Gasteiger partial charge in [-0.3, -0.25) is 0 Å². The molecule has 0 heterocycles. The van der Waals surface area contributed by atoms with Crippen molar-refractivity contribution >= 4 is 5.71 Å². The molecule has 84 valence electrons. The van der Waals surface area contributed by atoms with E-state index >= 15 is 0 Å². The summed E-state index contributed by atoms with van der Waals surface area (Å²) in [6.45, 7) is 0. The van der Waals surface area contributed by atoms with Crippen LogP contribution in [0.3, 0.4) is 0 Å². The van der Waals surface area contributed by atoms with Crippen molar-refractivity contribution in [2.24, 2.45) is 10.6 Å². The maximum Gasteiger partial charge on any atom is 0.107 e. The third kappa shape index (κ3) is 1.37. The summed E-state index contributed by atoms with van der Waals surface area (Å²) in [7, 11) is 0. The molecule has 1 N–H and O–H groups in total. The summed E-state index contributed by atoms with van der Waals surface area (Å²) in [6.07, 6.45) is 21.4. The van der Waals surface area contributed by atoms with Crippen LogP contribution in [0.15, 0.2) is 77.1 Å². The zero-order valence-corrected chi connectivity index (χ0v) is 9.38. The lowest BCUT2D eigenvalue weighted by atomic mass is 9.66. The van der Waals surface area contributed by atoms with E-state index in [2.05, 4.69) is 35.5 Å². The summed E-state index contributed by atoms with van der Waals surface area (Å²) in [5.41, 5.74) is 2.78. The first-order valence-electron chi connectivity index (χ1n) is 5.71. The van der Waals surface area contributed by atoms with Crippen molar-refractivity contribution in [1.29, 1.82) is 0 Å². The molecule has 0 aromatic heterocycles. The normalized spacial score (nSPS) is 31.6. The Morgan fingerprint density at radius 1 is 1.06 bits per heavy atom. The molecule has 3 aliphatic rings. The highest BCUT2D eigenvalue weighted by Gasteiger charge is 2.38. The molecule has 0 aromatic carbocycles.